The lowest BCUT2D eigenvalue weighted by atomic mass is 9.95. The van der Waals surface area contributed by atoms with Gasteiger partial charge in [0, 0.05) is 29.9 Å². The van der Waals surface area contributed by atoms with E-state index in [-0.39, 0.29) is 25.0 Å². The van der Waals surface area contributed by atoms with Crippen LogP contribution in [-0.2, 0) is 27.0 Å². The third kappa shape index (κ3) is 5.91. The highest BCUT2D eigenvalue weighted by molar-refractivity contribution is 6.20. The Morgan fingerprint density at radius 1 is 1.14 bits per heavy atom. The number of carbonyl (C=O) groups excluding carboxylic acids is 3. The van der Waals surface area contributed by atoms with Gasteiger partial charge in [-0.05, 0) is 37.5 Å². The fraction of sp³-hybridized carbons (Fsp3) is 0.345. The number of hydrogen-bond acceptors (Lipinski definition) is 6. The Bertz CT molecular complexity index is 1510. The number of amides is 3. The third-order valence-electron chi connectivity index (χ3n) is 7.53. The molecule has 13 heteroatoms. The van der Waals surface area contributed by atoms with E-state index in [9.17, 15) is 32.7 Å². The molecule has 1 fully saturated rings. The van der Waals surface area contributed by atoms with Crippen LogP contribution in [0.5, 0.6) is 0 Å². The third-order valence-corrected chi connectivity index (χ3v) is 7.53. The maximum Gasteiger partial charge on any atom is 0.416 e. The number of hydrogen-bond donors (Lipinski definition) is 5. The number of aromatic amines is 1. The number of halogens is 3. The van der Waals surface area contributed by atoms with Crippen LogP contribution in [0.3, 0.4) is 0 Å². The summed E-state index contributed by atoms with van der Waals surface area (Å²) in [5, 5.41) is 18.5. The minimum atomic E-state index is -4.53. The molecule has 220 valence electrons. The molecule has 5 rings (SSSR count). The van der Waals surface area contributed by atoms with Crippen LogP contribution in [-0.4, -0.2) is 56.3 Å². The van der Waals surface area contributed by atoms with Gasteiger partial charge in [-0.25, -0.2) is 9.98 Å². The van der Waals surface area contributed by atoms with Crippen LogP contribution in [0.15, 0.2) is 59.9 Å². The van der Waals surface area contributed by atoms with E-state index < -0.39 is 47.3 Å². The van der Waals surface area contributed by atoms with E-state index in [2.05, 4.69) is 30.9 Å². The normalized spacial score (nSPS) is 18.7. The number of aromatic nitrogens is 2. The summed E-state index contributed by atoms with van der Waals surface area (Å²) >= 11 is 0. The van der Waals surface area contributed by atoms with Crippen molar-refractivity contribution >= 4 is 29.1 Å². The summed E-state index contributed by atoms with van der Waals surface area (Å²) in [6, 6.07) is 9.57. The first-order chi connectivity index (χ1) is 20.0. The molecular weight excluding hydrogens is 553 g/mol. The number of rotatable bonds is 7. The molecule has 3 amide bonds. The summed E-state index contributed by atoms with van der Waals surface area (Å²) < 4.78 is 39.6. The number of aliphatic hydroxyl groups is 1. The topological polar surface area (TPSA) is 149 Å². The standard InChI is InChI=1S/C29H29F3N6O4/c1-16-5-4-6-19-22(16)36-26(41)24(35-23(19)17-7-9-18(10-8-17)29(30,31)32)37-27(42)28(11-2-3-12-28)38-25(40)20(39)15-21-33-13-14-34-21/h4-10,13-14,20,24,39H,2-3,11-12,15H2,1H3,(H,33,34)(H,36,41)(H,37,42)(H,38,40)/t20-,24?/m1/s1. The van der Waals surface area contributed by atoms with E-state index >= 15 is 0 Å². The zero-order valence-electron chi connectivity index (χ0n) is 22.6. The summed E-state index contributed by atoms with van der Waals surface area (Å²) in [6.07, 6.45) is -2.67. The summed E-state index contributed by atoms with van der Waals surface area (Å²) in [4.78, 5) is 51.3. The van der Waals surface area contributed by atoms with Crippen molar-refractivity contribution in [3.8, 4) is 0 Å². The number of aliphatic imine (C=N–C) groups is 1. The van der Waals surface area contributed by atoms with Gasteiger partial charge in [-0.3, -0.25) is 14.4 Å². The van der Waals surface area contributed by atoms with Gasteiger partial charge >= 0.3 is 6.18 Å². The van der Waals surface area contributed by atoms with Gasteiger partial charge in [0.2, 0.25) is 18.0 Å². The molecule has 1 unspecified atom stereocenters. The first-order valence-electron chi connectivity index (χ1n) is 13.4. The molecule has 2 aliphatic rings. The van der Waals surface area contributed by atoms with Gasteiger partial charge in [0.15, 0.2) is 0 Å². The highest BCUT2D eigenvalue weighted by Crippen LogP contribution is 2.33. The van der Waals surface area contributed by atoms with Crippen molar-refractivity contribution in [3.05, 3.63) is 82.9 Å². The predicted molar refractivity (Wildman–Crippen MR) is 146 cm³/mol. The van der Waals surface area contributed by atoms with Gasteiger partial charge in [-0.2, -0.15) is 13.2 Å². The largest absolute Gasteiger partial charge is 0.416 e. The molecule has 42 heavy (non-hydrogen) atoms. The molecule has 0 spiro atoms. The molecule has 1 saturated carbocycles. The number of benzene rings is 2. The first-order valence-corrected chi connectivity index (χ1v) is 13.4. The molecule has 1 aliphatic carbocycles. The molecule has 2 aromatic carbocycles. The Hall–Kier alpha value is -4.52. The van der Waals surface area contributed by atoms with Crippen LogP contribution < -0.4 is 16.0 Å². The second-order valence-electron chi connectivity index (χ2n) is 10.4. The molecule has 1 aromatic heterocycles. The van der Waals surface area contributed by atoms with Crippen molar-refractivity contribution in [2.45, 2.75) is 63.0 Å². The van der Waals surface area contributed by atoms with Gasteiger partial charge in [-0.1, -0.05) is 43.2 Å². The Morgan fingerprint density at radius 3 is 2.50 bits per heavy atom. The van der Waals surface area contributed by atoms with Crippen LogP contribution in [0.1, 0.15) is 53.8 Å². The number of imidazole rings is 1. The van der Waals surface area contributed by atoms with E-state index in [1.165, 1.54) is 18.3 Å². The van der Waals surface area contributed by atoms with Crippen LogP contribution in [0.2, 0.25) is 0 Å². The number of para-hydroxylation sites is 1. The van der Waals surface area contributed by atoms with E-state index in [1.807, 2.05) is 0 Å². The number of benzodiazepines with no additional fused rings is 1. The molecule has 3 aromatic rings. The molecule has 0 saturated heterocycles. The molecular formula is C29H29F3N6O4. The number of fused-ring (bicyclic) bond motifs is 1. The van der Waals surface area contributed by atoms with Crippen molar-refractivity contribution in [2.24, 2.45) is 4.99 Å². The molecule has 2 heterocycles. The van der Waals surface area contributed by atoms with Gasteiger partial charge in [-0.15, -0.1) is 0 Å². The van der Waals surface area contributed by atoms with Crippen molar-refractivity contribution in [3.63, 3.8) is 0 Å². The number of aliphatic hydroxyl groups excluding tert-OH is 1. The second-order valence-corrected chi connectivity index (χ2v) is 10.4. The van der Waals surface area contributed by atoms with Gasteiger partial charge in [0.1, 0.15) is 17.5 Å². The number of alkyl halides is 3. The van der Waals surface area contributed by atoms with Gasteiger partial charge < -0.3 is 26.0 Å². The predicted octanol–water partition coefficient (Wildman–Crippen LogP) is 3.00. The fourth-order valence-electron chi connectivity index (χ4n) is 5.28. The maximum atomic E-state index is 13.7. The molecule has 1 aliphatic heterocycles. The van der Waals surface area contributed by atoms with Gasteiger partial charge in [0.25, 0.3) is 5.91 Å². The zero-order chi connectivity index (χ0) is 30.1. The van der Waals surface area contributed by atoms with Crippen LogP contribution >= 0.6 is 0 Å². The zero-order valence-corrected chi connectivity index (χ0v) is 22.6. The SMILES string of the molecule is Cc1cccc2c1NC(=O)C(NC(=O)C1(NC(=O)[C@H](O)Cc3ncc[nH]3)CCCC1)N=C2c1ccc(C(F)(F)F)cc1. The lowest BCUT2D eigenvalue weighted by Crippen LogP contribution is -2.61. The van der Waals surface area contributed by atoms with Crippen molar-refractivity contribution in [2.75, 3.05) is 5.32 Å². The second kappa shape index (κ2) is 11.4. The Balaban J connectivity index is 1.44. The number of anilines is 1. The summed E-state index contributed by atoms with van der Waals surface area (Å²) in [6.45, 7) is 1.76. The minimum absolute atomic E-state index is 0.0834. The number of aryl methyl sites for hydroxylation is 1. The summed E-state index contributed by atoms with van der Waals surface area (Å²) in [7, 11) is 0. The highest BCUT2D eigenvalue weighted by Gasteiger charge is 2.45. The van der Waals surface area contributed by atoms with E-state index in [0.29, 0.717) is 41.0 Å². The van der Waals surface area contributed by atoms with E-state index in [4.69, 9.17) is 0 Å². The van der Waals surface area contributed by atoms with Gasteiger partial charge in [0.05, 0.1) is 17.0 Å². The van der Waals surface area contributed by atoms with Crippen LogP contribution in [0.25, 0.3) is 0 Å². The molecule has 0 bridgehead atoms. The maximum absolute atomic E-state index is 13.7. The number of carbonyl (C=O) groups is 3. The van der Waals surface area contributed by atoms with Crippen molar-refractivity contribution < 1.29 is 32.7 Å². The number of nitrogens with one attached hydrogen (secondary N) is 4. The van der Waals surface area contributed by atoms with E-state index in [1.54, 1.807) is 31.3 Å². The summed E-state index contributed by atoms with van der Waals surface area (Å²) in [5.74, 6) is -1.67. The van der Waals surface area contributed by atoms with E-state index in [0.717, 1.165) is 12.1 Å². The lowest BCUT2D eigenvalue weighted by molar-refractivity contribution is -0.138. The average molecular weight is 583 g/mol. The van der Waals surface area contributed by atoms with Crippen molar-refractivity contribution in [1.29, 1.82) is 0 Å². The quantitative estimate of drug-likeness (QED) is 0.291. The first kappa shape index (κ1) is 29.0. The smallest absolute Gasteiger partial charge is 0.383 e. The molecule has 10 nitrogen and oxygen atoms in total. The number of nitrogens with zero attached hydrogens (tertiary/aromatic N) is 2. The molecule has 2 atom stereocenters. The Kier molecular flexibility index (Phi) is 7.87. The molecule has 0 radical (unpaired) electrons. The van der Waals surface area contributed by atoms with Crippen LogP contribution in [0, 0.1) is 6.92 Å². The fourth-order valence-corrected chi connectivity index (χ4v) is 5.28. The average Bonchev–Trinajstić information content (AvgIpc) is 3.62. The monoisotopic (exact) mass is 582 g/mol. The Morgan fingerprint density at radius 2 is 1.86 bits per heavy atom. The van der Waals surface area contributed by atoms with Crippen molar-refractivity contribution in [1.82, 2.24) is 20.6 Å². The lowest BCUT2D eigenvalue weighted by Gasteiger charge is -2.31. The molecule has 5 N–H and O–H groups in total. The summed E-state index contributed by atoms with van der Waals surface area (Å²) in [5.41, 5.74) is -0.108. The Labute approximate surface area is 238 Å². The highest BCUT2D eigenvalue weighted by atomic mass is 19.4. The van der Waals surface area contributed by atoms with Crippen LogP contribution in [0.4, 0.5) is 18.9 Å². The number of H-pyrrole nitrogens is 1. The minimum Gasteiger partial charge on any atom is -0.383 e.